The number of likely N-dealkylation sites (tertiary alicyclic amines) is 1. The van der Waals surface area contributed by atoms with Gasteiger partial charge in [-0.2, -0.15) is 0 Å². The van der Waals surface area contributed by atoms with Crippen LogP contribution in [0.25, 0.3) is 0 Å². The quantitative estimate of drug-likeness (QED) is 0.124. The molecule has 3 aliphatic rings. The number of halogens is 2. The number of rotatable bonds is 16. The molecule has 3 fully saturated rings. The van der Waals surface area contributed by atoms with Crippen molar-refractivity contribution in [2.24, 2.45) is 17.8 Å². The summed E-state index contributed by atoms with van der Waals surface area (Å²) in [5.74, 6) is -4.01. The maximum Gasteiger partial charge on any atom is 0.313 e. The zero-order valence-corrected chi connectivity index (χ0v) is 32.5. The molecule has 3 aliphatic heterocycles. The van der Waals surface area contributed by atoms with Gasteiger partial charge in [0.15, 0.2) is 0 Å². The molecule has 0 aliphatic carbocycles. The predicted molar refractivity (Wildman–Crippen MR) is 204 cm³/mol. The number of anilines is 1. The molecule has 1 N–H and O–H groups in total. The Bertz CT molecular complexity index is 1660. The number of aliphatic hydroxyl groups excluding tert-OH is 1. The van der Waals surface area contributed by atoms with E-state index in [1.54, 1.807) is 48.4 Å². The second-order valence-corrected chi connectivity index (χ2v) is 15.7. The van der Waals surface area contributed by atoms with Gasteiger partial charge in [-0.25, -0.2) is 0 Å². The van der Waals surface area contributed by atoms with Gasteiger partial charge >= 0.3 is 5.97 Å². The van der Waals surface area contributed by atoms with Gasteiger partial charge in [0.1, 0.15) is 17.7 Å². The van der Waals surface area contributed by atoms with Crippen LogP contribution in [0.4, 0.5) is 5.69 Å². The first-order valence-corrected chi connectivity index (χ1v) is 19.2. The maximum absolute atomic E-state index is 15.0. The topological polar surface area (TPSA) is 117 Å². The van der Waals surface area contributed by atoms with Gasteiger partial charge < -0.3 is 29.3 Å². The fourth-order valence-corrected chi connectivity index (χ4v) is 9.35. The Morgan fingerprint density at radius 1 is 1.13 bits per heavy atom. The number of para-hydroxylation sites is 1. The van der Waals surface area contributed by atoms with Gasteiger partial charge in [0, 0.05) is 24.8 Å². The lowest BCUT2D eigenvalue weighted by Gasteiger charge is -2.41. The number of carbonyl (C=O) groups excluding carboxylic acids is 4. The normalized spacial score (nSPS) is 26.9. The van der Waals surface area contributed by atoms with Crippen LogP contribution in [0, 0.1) is 17.8 Å². The molecule has 10 atom stereocenters. The van der Waals surface area contributed by atoms with E-state index >= 15 is 4.79 Å². The van der Waals surface area contributed by atoms with Gasteiger partial charge in [-0.05, 0) is 43.4 Å². The lowest BCUT2D eigenvalue weighted by atomic mass is 9.70. The fourth-order valence-electron chi connectivity index (χ4n) is 8.17. The summed E-state index contributed by atoms with van der Waals surface area (Å²) in [6, 6.07) is 13.6. The van der Waals surface area contributed by atoms with Crippen LogP contribution in [0.5, 0.6) is 0 Å². The van der Waals surface area contributed by atoms with Crippen molar-refractivity contribution in [3.8, 4) is 0 Å². The van der Waals surface area contributed by atoms with Gasteiger partial charge in [0.25, 0.3) is 5.91 Å². The van der Waals surface area contributed by atoms with Gasteiger partial charge in [-0.1, -0.05) is 102 Å². The molecule has 3 heterocycles. The van der Waals surface area contributed by atoms with Crippen LogP contribution < -0.4 is 4.90 Å². The Hall–Kier alpha value is -3.51. The second kappa shape index (κ2) is 16.7. The number of nitrogens with zero attached hydrogens (tertiary/aromatic N) is 3. The summed E-state index contributed by atoms with van der Waals surface area (Å²) in [6.07, 6.45) is 3.28. The molecule has 0 aromatic heterocycles. The van der Waals surface area contributed by atoms with E-state index < -0.39 is 72.2 Å². The van der Waals surface area contributed by atoms with E-state index in [1.807, 2.05) is 51.1 Å². The molecular weight excluding hydrogens is 750 g/mol. The number of aliphatic hydroxyl groups is 1. The van der Waals surface area contributed by atoms with Crippen molar-refractivity contribution >= 4 is 56.9 Å². The Kier molecular flexibility index (Phi) is 12.7. The molecule has 1 spiro atoms. The average molecular weight is 799 g/mol. The fraction of sp³-hybridized carbons (Fsp3) is 0.500. The van der Waals surface area contributed by atoms with Crippen LogP contribution in [0.3, 0.4) is 0 Å². The Morgan fingerprint density at radius 2 is 1.81 bits per heavy atom. The highest BCUT2D eigenvalue weighted by Crippen LogP contribution is 2.61. The Labute approximate surface area is 319 Å². The monoisotopic (exact) mass is 797 g/mol. The van der Waals surface area contributed by atoms with Crippen LogP contribution in [-0.2, 0) is 28.7 Å². The first-order valence-electron chi connectivity index (χ1n) is 17.9. The number of hydrogen-bond donors (Lipinski definition) is 1. The van der Waals surface area contributed by atoms with Crippen LogP contribution in [0.15, 0.2) is 79.9 Å². The van der Waals surface area contributed by atoms with Crippen molar-refractivity contribution in [1.29, 1.82) is 0 Å². The van der Waals surface area contributed by atoms with Gasteiger partial charge in [0.05, 0.1) is 47.3 Å². The number of hydrogen-bond acceptors (Lipinski definition) is 7. The summed E-state index contributed by atoms with van der Waals surface area (Å²) in [4.78, 5) is 61.8. The molecule has 1 unspecified atom stereocenters. The van der Waals surface area contributed by atoms with E-state index in [0.29, 0.717) is 29.1 Å². The minimum atomic E-state index is -1.41. The van der Waals surface area contributed by atoms with E-state index in [0.717, 1.165) is 0 Å². The van der Waals surface area contributed by atoms with E-state index in [9.17, 15) is 19.5 Å². The Morgan fingerprint density at radius 3 is 2.42 bits per heavy atom. The van der Waals surface area contributed by atoms with Crippen molar-refractivity contribution in [1.82, 2.24) is 9.80 Å². The van der Waals surface area contributed by atoms with Crippen LogP contribution >= 0.6 is 27.5 Å². The largest absolute Gasteiger partial charge is 0.455 e. The molecule has 3 saturated heterocycles. The number of benzene rings is 2. The highest BCUT2D eigenvalue weighted by atomic mass is 79.9. The lowest BCUT2D eigenvalue weighted by molar-refractivity contribution is -0.165. The summed E-state index contributed by atoms with van der Waals surface area (Å²) in [5.41, 5.74) is -0.287. The smallest absolute Gasteiger partial charge is 0.313 e. The minimum Gasteiger partial charge on any atom is -0.455 e. The van der Waals surface area contributed by atoms with E-state index in [4.69, 9.17) is 21.1 Å². The van der Waals surface area contributed by atoms with E-state index in [1.165, 1.54) is 9.80 Å². The molecule has 3 amide bonds. The molecule has 10 nitrogen and oxygen atoms in total. The van der Waals surface area contributed by atoms with Gasteiger partial charge in [0.2, 0.25) is 11.8 Å². The number of carbonyl (C=O) groups is 4. The van der Waals surface area contributed by atoms with E-state index in [2.05, 4.69) is 29.1 Å². The molecule has 2 aromatic rings. The highest BCUT2D eigenvalue weighted by Gasteiger charge is 2.78. The Balaban J connectivity index is 1.58. The van der Waals surface area contributed by atoms with Crippen LogP contribution in [-0.4, -0.2) is 93.5 Å². The highest BCUT2D eigenvalue weighted by molar-refractivity contribution is 9.09. The third-order valence-electron chi connectivity index (χ3n) is 11.2. The minimum absolute atomic E-state index is 0.0945. The third-order valence-corrected chi connectivity index (χ3v) is 12.3. The first-order chi connectivity index (χ1) is 24.9. The molecule has 2 bridgehead atoms. The number of esters is 1. The van der Waals surface area contributed by atoms with Crippen molar-refractivity contribution in [3.63, 3.8) is 0 Å². The van der Waals surface area contributed by atoms with Crippen molar-refractivity contribution in [2.45, 2.75) is 87.2 Å². The average Bonchev–Trinajstić information content (AvgIpc) is 3.75. The van der Waals surface area contributed by atoms with Gasteiger partial charge in [-0.3, -0.25) is 19.2 Å². The molecule has 52 heavy (non-hydrogen) atoms. The zero-order chi connectivity index (χ0) is 37.9. The molecule has 280 valence electrons. The van der Waals surface area contributed by atoms with Crippen LogP contribution in [0.2, 0.25) is 5.02 Å². The lowest BCUT2D eigenvalue weighted by Crippen LogP contribution is -2.60. The maximum atomic E-state index is 15.0. The van der Waals surface area contributed by atoms with E-state index in [-0.39, 0.29) is 36.0 Å². The third kappa shape index (κ3) is 7.09. The number of alkyl halides is 1. The number of ether oxygens (including phenoxy) is 2. The summed E-state index contributed by atoms with van der Waals surface area (Å²) in [5, 5.41) is 11.1. The molecule has 0 radical (unpaired) electrons. The first kappa shape index (κ1) is 39.7. The number of amides is 3. The number of likely N-dealkylation sites (N-methyl/N-ethyl adjacent to an activating group) is 1. The standard InChI is InChI=1S/C40H49BrClN3O7/c1-7-10-20-31(47)43(6)25(5)34(26-16-12-11-13-17-26)51-39(50)32-33-37(48)45(30(23-46)24(4)9-3)36(40(33)22-27(41)35(32)52-40)38(49)44(21-8-2)29-19-15-14-18-28(29)42/h7-8,11-19,24-25,27,30,32-36,46H,1-2,9-10,20-23H2,3-6H3/t24-,25+,27?,30-,32-,33+,34-,35-,36-,40+/m0/s1. The molecular formula is C40H49BrClN3O7. The molecule has 5 rings (SSSR count). The van der Waals surface area contributed by atoms with Crippen molar-refractivity contribution in [2.75, 3.05) is 25.1 Å². The van der Waals surface area contributed by atoms with Crippen LogP contribution in [0.1, 0.15) is 58.1 Å². The molecule has 0 saturated carbocycles. The summed E-state index contributed by atoms with van der Waals surface area (Å²) >= 11 is 10.4. The van der Waals surface area contributed by atoms with Gasteiger partial charge in [-0.15, -0.1) is 13.2 Å². The summed E-state index contributed by atoms with van der Waals surface area (Å²) < 4.78 is 13.1. The number of fused-ring (bicyclic) bond motifs is 1. The SMILES string of the molecule is C=CCCC(=O)N(C)[C@H](C)[C@H](OC(=O)[C@@H]1[C@H]2O[C@@]3(CC2Br)[C@H](C(=O)N(CC=C)c2ccccc2Cl)N([C@@H](CO)[C@@H](C)CC)C(=O)[C@@H]13)c1ccccc1. The summed E-state index contributed by atoms with van der Waals surface area (Å²) in [7, 11) is 1.68. The molecule has 2 aromatic carbocycles. The number of allylic oxidation sites excluding steroid dienone is 1. The van der Waals surface area contributed by atoms with Crippen molar-refractivity contribution < 1.29 is 33.8 Å². The summed E-state index contributed by atoms with van der Waals surface area (Å²) in [6.45, 7) is 13.0. The zero-order valence-electron chi connectivity index (χ0n) is 30.2. The predicted octanol–water partition coefficient (Wildman–Crippen LogP) is 6.11. The second-order valence-electron chi connectivity index (χ2n) is 14.1. The van der Waals surface area contributed by atoms with Crippen molar-refractivity contribution in [3.05, 3.63) is 90.5 Å². The molecule has 12 heteroatoms.